The number of hydrogen-bond donors (Lipinski definition) is 0. The average molecular weight is 328 g/mol. The first-order chi connectivity index (χ1) is 11.1. The summed E-state index contributed by atoms with van der Waals surface area (Å²) < 4.78 is 1.66. The van der Waals surface area contributed by atoms with Crippen molar-refractivity contribution < 1.29 is 4.79 Å². The number of carbonyl (C=O) groups excluding carboxylic acids is 1. The van der Waals surface area contributed by atoms with E-state index in [-0.39, 0.29) is 11.9 Å². The van der Waals surface area contributed by atoms with Crippen molar-refractivity contribution in [2.24, 2.45) is 0 Å². The van der Waals surface area contributed by atoms with E-state index < -0.39 is 0 Å². The molecule has 3 aromatic heterocycles. The van der Waals surface area contributed by atoms with Gasteiger partial charge in [0.25, 0.3) is 5.91 Å². The highest BCUT2D eigenvalue weighted by Gasteiger charge is 2.34. The molecular weight excluding hydrogens is 312 g/mol. The second kappa shape index (κ2) is 5.31. The lowest BCUT2D eigenvalue weighted by atomic mass is 10.1. The highest BCUT2D eigenvalue weighted by molar-refractivity contribution is 7.13. The van der Waals surface area contributed by atoms with Crippen molar-refractivity contribution >= 4 is 28.7 Å². The Balaban J connectivity index is 1.43. The van der Waals surface area contributed by atoms with Gasteiger partial charge in [0.15, 0.2) is 5.65 Å². The zero-order valence-electron chi connectivity index (χ0n) is 12.9. The summed E-state index contributed by atoms with van der Waals surface area (Å²) in [4.78, 5) is 18.4. The van der Waals surface area contributed by atoms with Crippen LogP contribution in [-0.4, -0.2) is 56.8 Å². The van der Waals surface area contributed by atoms with Crippen LogP contribution >= 0.6 is 11.3 Å². The Morgan fingerprint density at radius 3 is 2.87 bits per heavy atom. The Bertz CT molecular complexity index is 866. The number of rotatable bonds is 3. The first kappa shape index (κ1) is 14.1. The van der Waals surface area contributed by atoms with Gasteiger partial charge >= 0.3 is 0 Å². The average Bonchev–Trinajstić information content (AvgIpc) is 3.13. The first-order valence-corrected chi connectivity index (χ1v) is 8.19. The van der Waals surface area contributed by atoms with Gasteiger partial charge in [-0.2, -0.15) is 4.52 Å². The van der Waals surface area contributed by atoms with Crippen LogP contribution in [0.5, 0.6) is 0 Å². The minimum Gasteiger partial charge on any atom is -0.351 e. The van der Waals surface area contributed by atoms with E-state index in [0.717, 1.165) is 34.3 Å². The van der Waals surface area contributed by atoms with Crippen LogP contribution in [0.2, 0.25) is 0 Å². The molecule has 0 saturated carbocycles. The molecule has 0 unspecified atom stereocenters. The maximum Gasteiger partial charge on any atom is 0.264 e. The molecule has 23 heavy (non-hydrogen) atoms. The van der Waals surface area contributed by atoms with E-state index in [9.17, 15) is 4.79 Å². The van der Waals surface area contributed by atoms with E-state index in [1.165, 1.54) is 0 Å². The molecule has 3 aromatic rings. The Hall–Kier alpha value is -2.48. The largest absolute Gasteiger partial charge is 0.351 e. The van der Waals surface area contributed by atoms with Crippen LogP contribution in [0.1, 0.15) is 14.5 Å². The predicted octanol–water partition coefficient (Wildman–Crippen LogP) is 1.46. The minimum atomic E-state index is 0.0926. The van der Waals surface area contributed by atoms with Crippen molar-refractivity contribution in [1.29, 1.82) is 0 Å². The minimum absolute atomic E-state index is 0.0926. The lowest BCUT2D eigenvalue weighted by molar-refractivity contribution is 0.0710. The number of likely N-dealkylation sites (N-methyl/N-ethyl adjacent to an activating group) is 1. The number of aromatic nitrogens is 4. The first-order valence-electron chi connectivity index (χ1n) is 7.37. The lowest BCUT2D eigenvalue weighted by Gasteiger charge is -2.44. The summed E-state index contributed by atoms with van der Waals surface area (Å²) >= 11 is 1.54. The molecule has 118 valence electrons. The molecular formula is C15H16N6OS. The second-order valence-electron chi connectivity index (χ2n) is 5.71. The van der Waals surface area contributed by atoms with E-state index in [2.05, 4.69) is 20.2 Å². The Labute approximate surface area is 137 Å². The molecule has 1 saturated heterocycles. The number of anilines is 1. The van der Waals surface area contributed by atoms with Crippen LogP contribution in [0.4, 0.5) is 5.82 Å². The number of nitrogens with zero attached hydrogens (tertiary/aromatic N) is 6. The fraction of sp³-hybridized carbons (Fsp3) is 0.333. The molecule has 1 amide bonds. The van der Waals surface area contributed by atoms with Crippen LogP contribution in [0.25, 0.3) is 5.65 Å². The Morgan fingerprint density at radius 2 is 2.13 bits per heavy atom. The number of thiophene rings is 1. The van der Waals surface area contributed by atoms with Crippen molar-refractivity contribution in [1.82, 2.24) is 24.7 Å². The molecule has 1 fully saturated rings. The summed E-state index contributed by atoms with van der Waals surface area (Å²) in [5.41, 5.74) is 0.728. The zero-order valence-corrected chi connectivity index (χ0v) is 13.7. The van der Waals surface area contributed by atoms with Gasteiger partial charge in [-0.05, 0) is 31.2 Å². The Kier molecular flexibility index (Phi) is 3.26. The van der Waals surface area contributed by atoms with Gasteiger partial charge in [0, 0.05) is 25.0 Å². The molecule has 0 aromatic carbocycles. The molecule has 1 aliphatic rings. The normalized spacial score (nSPS) is 15.0. The van der Waals surface area contributed by atoms with Gasteiger partial charge in [-0.25, -0.2) is 0 Å². The number of fused-ring (bicyclic) bond motifs is 1. The maximum atomic E-state index is 12.5. The van der Waals surface area contributed by atoms with Crippen molar-refractivity contribution in [3.63, 3.8) is 0 Å². The summed E-state index contributed by atoms with van der Waals surface area (Å²) in [5.74, 6) is 0.969. The second-order valence-corrected chi connectivity index (χ2v) is 7.00. The highest BCUT2D eigenvalue weighted by Crippen LogP contribution is 2.24. The van der Waals surface area contributed by atoms with E-state index >= 15 is 0 Å². The molecule has 0 N–H and O–H groups in total. The molecule has 8 heteroatoms. The summed E-state index contributed by atoms with van der Waals surface area (Å²) in [6, 6.07) is 7.92. The molecule has 0 atom stereocenters. The van der Waals surface area contributed by atoms with E-state index in [1.807, 2.05) is 43.1 Å². The van der Waals surface area contributed by atoms with Gasteiger partial charge in [0.05, 0.1) is 10.9 Å². The monoisotopic (exact) mass is 328 g/mol. The van der Waals surface area contributed by atoms with Crippen LogP contribution in [0.15, 0.2) is 30.6 Å². The fourth-order valence-corrected chi connectivity index (χ4v) is 3.51. The number of hydrogen-bond acceptors (Lipinski definition) is 6. The molecule has 0 spiro atoms. The van der Waals surface area contributed by atoms with Crippen LogP contribution in [-0.2, 0) is 0 Å². The number of aryl methyl sites for hydroxylation is 1. The zero-order chi connectivity index (χ0) is 16.0. The van der Waals surface area contributed by atoms with Crippen molar-refractivity contribution in [3.05, 3.63) is 40.3 Å². The van der Waals surface area contributed by atoms with Gasteiger partial charge in [0.2, 0.25) is 0 Å². The van der Waals surface area contributed by atoms with Crippen molar-refractivity contribution in [3.8, 4) is 0 Å². The summed E-state index contributed by atoms with van der Waals surface area (Å²) in [6.07, 6.45) is 1.59. The molecule has 0 aliphatic carbocycles. The van der Waals surface area contributed by atoms with Crippen LogP contribution in [0.3, 0.4) is 0 Å². The predicted molar refractivity (Wildman–Crippen MR) is 87.9 cm³/mol. The van der Waals surface area contributed by atoms with Gasteiger partial charge in [-0.3, -0.25) is 4.79 Å². The molecule has 0 radical (unpaired) electrons. The third kappa shape index (κ3) is 2.44. The van der Waals surface area contributed by atoms with Gasteiger partial charge in [-0.1, -0.05) is 0 Å². The quantitative estimate of drug-likeness (QED) is 0.728. The fourth-order valence-electron chi connectivity index (χ4n) is 2.66. The molecule has 4 rings (SSSR count). The SMILES string of the molecule is Cc1ccc(C(=O)N(C)C2CN(c3ccc4nncn4n3)C2)s1. The highest BCUT2D eigenvalue weighted by atomic mass is 32.1. The Morgan fingerprint density at radius 1 is 1.30 bits per heavy atom. The topological polar surface area (TPSA) is 66.6 Å². The van der Waals surface area contributed by atoms with Crippen LogP contribution in [0, 0.1) is 6.92 Å². The van der Waals surface area contributed by atoms with Crippen molar-refractivity contribution in [2.45, 2.75) is 13.0 Å². The maximum absolute atomic E-state index is 12.5. The smallest absolute Gasteiger partial charge is 0.264 e. The van der Waals surface area contributed by atoms with Gasteiger partial charge in [-0.15, -0.1) is 26.6 Å². The van der Waals surface area contributed by atoms with Crippen molar-refractivity contribution in [2.75, 3.05) is 25.0 Å². The standard InChI is InChI=1S/C15H16N6OS/c1-10-3-4-12(23-10)15(22)19(2)11-7-20(8-11)14-6-5-13-17-16-9-21(13)18-14/h3-6,9,11H,7-8H2,1-2H3. The van der Waals surface area contributed by atoms with Crippen LogP contribution < -0.4 is 4.90 Å². The summed E-state index contributed by atoms with van der Waals surface area (Å²) in [5, 5.41) is 12.2. The van der Waals surface area contributed by atoms with E-state index in [1.54, 1.807) is 22.2 Å². The molecule has 4 heterocycles. The lowest BCUT2D eigenvalue weighted by Crippen LogP contribution is -2.60. The molecule has 1 aliphatic heterocycles. The molecule has 0 bridgehead atoms. The van der Waals surface area contributed by atoms with Gasteiger partial charge in [0.1, 0.15) is 12.1 Å². The molecule has 7 nitrogen and oxygen atoms in total. The number of carbonyl (C=O) groups is 1. The van der Waals surface area contributed by atoms with Gasteiger partial charge < -0.3 is 9.80 Å². The summed E-state index contributed by atoms with van der Waals surface area (Å²) in [6.45, 7) is 3.58. The van der Waals surface area contributed by atoms with E-state index in [0.29, 0.717) is 0 Å². The number of amides is 1. The van der Waals surface area contributed by atoms with E-state index in [4.69, 9.17) is 0 Å². The third-order valence-corrected chi connectivity index (χ3v) is 5.14. The third-order valence-electron chi connectivity index (χ3n) is 4.15. The summed E-state index contributed by atoms with van der Waals surface area (Å²) in [7, 11) is 1.87.